The van der Waals surface area contributed by atoms with Gasteiger partial charge in [0.2, 0.25) is 11.8 Å². The van der Waals surface area contributed by atoms with E-state index in [1.54, 1.807) is 4.90 Å². The van der Waals surface area contributed by atoms with E-state index in [9.17, 15) is 19.7 Å². The van der Waals surface area contributed by atoms with Crippen molar-refractivity contribution in [2.45, 2.75) is 20.3 Å². The number of benzene rings is 2. The van der Waals surface area contributed by atoms with E-state index in [0.717, 1.165) is 16.8 Å². The number of carbonyl (C=O) groups is 2. The minimum absolute atomic E-state index is 0.0481. The Bertz CT molecular complexity index is 957. The molecule has 28 heavy (non-hydrogen) atoms. The predicted octanol–water partition coefficient (Wildman–Crippen LogP) is 3.21. The summed E-state index contributed by atoms with van der Waals surface area (Å²) >= 11 is 0. The zero-order valence-electron chi connectivity index (χ0n) is 15.9. The van der Waals surface area contributed by atoms with E-state index in [2.05, 4.69) is 5.32 Å². The van der Waals surface area contributed by atoms with E-state index in [1.807, 2.05) is 32.0 Å². The third-order valence-electron chi connectivity index (χ3n) is 4.81. The van der Waals surface area contributed by atoms with Crippen LogP contribution in [0.15, 0.2) is 36.4 Å². The molecule has 1 aliphatic rings. The maximum atomic E-state index is 12.7. The number of amides is 2. The van der Waals surface area contributed by atoms with Crippen LogP contribution in [0.4, 0.5) is 17.1 Å². The van der Waals surface area contributed by atoms with Crippen LogP contribution >= 0.6 is 0 Å². The minimum Gasteiger partial charge on any atom is -0.497 e. The molecule has 0 radical (unpaired) electrons. The Labute approximate surface area is 162 Å². The molecule has 3 rings (SSSR count). The van der Waals surface area contributed by atoms with Crippen LogP contribution in [0.5, 0.6) is 5.75 Å². The number of rotatable bonds is 5. The molecule has 146 valence electrons. The predicted molar refractivity (Wildman–Crippen MR) is 105 cm³/mol. The molecule has 8 heteroatoms. The van der Waals surface area contributed by atoms with Gasteiger partial charge in [0.25, 0.3) is 5.69 Å². The molecule has 0 bridgehead atoms. The van der Waals surface area contributed by atoms with Crippen LogP contribution in [0.2, 0.25) is 0 Å². The number of hydrogen-bond acceptors (Lipinski definition) is 5. The number of nitrogens with zero attached hydrogens (tertiary/aromatic N) is 2. The fourth-order valence-corrected chi connectivity index (χ4v) is 3.26. The fraction of sp³-hybridized carbons (Fsp3) is 0.300. The summed E-state index contributed by atoms with van der Waals surface area (Å²) in [5.74, 6) is -0.787. The Morgan fingerprint density at radius 1 is 1.25 bits per heavy atom. The Kier molecular flexibility index (Phi) is 5.30. The van der Waals surface area contributed by atoms with Crippen LogP contribution in [-0.2, 0) is 9.59 Å². The highest BCUT2D eigenvalue weighted by molar-refractivity contribution is 6.04. The van der Waals surface area contributed by atoms with E-state index in [4.69, 9.17) is 4.74 Å². The zero-order chi connectivity index (χ0) is 20.4. The summed E-state index contributed by atoms with van der Waals surface area (Å²) in [5.41, 5.74) is 2.57. The van der Waals surface area contributed by atoms with Crippen LogP contribution in [-0.4, -0.2) is 30.4 Å². The normalized spacial score (nSPS) is 16.2. The number of methoxy groups -OCH3 is 1. The monoisotopic (exact) mass is 383 g/mol. The van der Waals surface area contributed by atoms with Crippen molar-refractivity contribution in [2.75, 3.05) is 23.9 Å². The van der Waals surface area contributed by atoms with Crippen LogP contribution in [0, 0.1) is 29.9 Å². The highest BCUT2D eigenvalue weighted by Crippen LogP contribution is 2.32. The van der Waals surface area contributed by atoms with Crippen molar-refractivity contribution in [3.63, 3.8) is 0 Å². The van der Waals surface area contributed by atoms with E-state index in [0.29, 0.717) is 5.75 Å². The molecule has 0 saturated carbocycles. The number of hydrogen-bond donors (Lipinski definition) is 1. The van der Waals surface area contributed by atoms with Gasteiger partial charge in [-0.25, -0.2) is 0 Å². The highest BCUT2D eigenvalue weighted by Gasteiger charge is 2.36. The molecule has 0 aromatic heterocycles. The lowest BCUT2D eigenvalue weighted by Gasteiger charge is -2.19. The minimum atomic E-state index is -0.599. The van der Waals surface area contributed by atoms with Gasteiger partial charge in [0.1, 0.15) is 11.4 Å². The van der Waals surface area contributed by atoms with E-state index in [-0.39, 0.29) is 30.2 Å². The molecule has 1 aliphatic heterocycles. The topological polar surface area (TPSA) is 102 Å². The SMILES string of the molecule is COc1ccc([N+](=O)[O-])c(NC(=O)[C@@H]2CC(=O)N(c3cc(C)ccc3C)C2)c1. The molecule has 0 unspecified atom stereocenters. The summed E-state index contributed by atoms with van der Waals surface area (Å²) in [4.78, 5) is 37.5. The van der Waals surface area contributed by atoms with Crippen LogP contribution in [0.1, 0.15) is 17.5 Å². The molecular weight excluding hydrogens is 362 g/mol. The molecule has 8 nitrogen and oxygen atoms in total. The van der Waals surface area contributed by atoms with E-state index in [1.165, 1.54) is 25.3 Å². The highest BCUT2D eigenvalue weighted by atomic mass is 16.6. The maximum absolute atomic E-state index is 12.7. The summed E-state index contributed by atoms with van der Waals surface area (Å²) in [6.07, 6.45) is 0.0526. The summed E-state index contributed by atoms with van der Waals surface area (Å²) < 4.78 is 5.08. The van der Waals surface area contributed by atoms with Gasteiger partial charge in [-0.15, -0.1) is 0 Å². The van der Waals surface area contributed by atoms with Gasteiger partial charge in [0.15, 0.2) is 0 Å². The maximum Gasteiger partial charge on any atom is 0.293 e. The van der Waals surface area contributed by atoms with Crippen molar-refractivity contribution in [3.05, 3.63) is 57.6 Å². The third-order valence-corrected chi connectivity index (χ3v) is 4.81. The summed E-state index contributed by atoms with van der Waals surface area (Å²) in [6, 6.07) is 9.94. The molecular formula is C20H21N3O5. The Morgan fingerprint density at radius 2 is 2.00 bits per heavy atom. The zero-order valence-corrected chi connectivity index (χ0v) is 15.9. The second-order valence-corrected chi connectivity index (χ2v) is 6.82. The second-order valence-electron chi connectivity index (χ2n) is 6.82. The van der Waals surface area contributed by atoms with Gasteiger partial charge < -0.3 is 15.0 Å². The van der Waals surface area contributed by atoms with Gasteiger partial charge in [-0.1, -0.05) is 12.1 Å². The molecule has 1 heterocycles. The molecule has 0 aliphatic carbocycles. The van der Waals surface area contributed by atoms with Crippen molar-refractivity contribution in [1.82, 2.24) is 0 Å². The van der Waals surface area contributed by atoms with Crippen LogP contribution in [0.25, 0.3) is 0 Å². The van der Waals surface area contributed by atoms with Crippen molar-refractivity contribution in [3.8, 4) is 5.75 Å². The number of carbonyl (C=O) groups excluding carboxylic acids is 2. The van der Waals surface area contributed by atoms with Gasteiger partial charge in [-0.2, -0.15) is 0 Å². The van der Waals surface area contributed by atoms with Gasteiger partial charge in [-0.05, 0) is 37.1 Å². The second kappa shape index (κ2) is 7.67. The number of nitro benzene ring substituents is 1. The summed E-state index contributed by atoms with van der Waals surface area (Å²) in [5, 5.41) is 13.8. The molecule has 0 spiro atoms. The smallest absolute Gasteiger partial charge is 0.293 e. The van der Waals surface area contributed by atoms with Crippen molar-refractivity contribution in [2.24, 2.45) is 5.92 Å². The average Bonchev–Trinajstić information content (AvgIpc) is 3.05. The first-order valence-corrected chi connectivity index (χ1v) is 8.81. The fourth-order valence-electron chi connectivity index (χ4n) is 3.26. The third kappa shape index (κ3) is 3.80. The molecule has 1 saturated heterocycles. The number of nitrogens with one attached hydrogen (secondary N) is 1. The van der Waals surface area contributed by atoms with Crippen LogP contribution < -0.4 is 15.0 Å². The number of ether oxygens (including phenoxy) is 1. The van der Waals surface area contributed by atoms with Gasteiger partial charge in [0.05, 0.1) is 18.0 Å². The largest absolute Gasteiger partial charge is 0.497 e. The van der Waals surface area contributed by atoms with Crippen molar-refractivity contribution >= 4 is 28.9 Å². The molecule has 1 fully saturated rings. The Morgan fingerprint density at radius 3 is 2.68 bits per heavy atom. The standard InChI is InChI=1S/C20H21N3O5/c1-12-4-5-13(2)18(8-12)22-11-14(9-19(22)24)20(25)21-16-10-15(28-3)6-7-17(16)23(26)27/h4-8,10,14H,9,11H2,1-3H3,(H,21,25)/t14-/m1/s1. The quantitative estimate of drug-likeness (QED) is 0.631. The number of aryl methyl sites for hydroxylation is 2. The average molecular weight is 383 g/mol. The van der Waals surface area contributed by atoms with Crippen molar-refractivity contribution in [1.29, 1.82) is 0 Å². The summed E-state index contributed by atoms with van der Waals surface area (Å²) in [6.45, 7) is 4.08. The van der Waals surface area contributed by atoms with Gasteiger partial charge in [0, 0.05) is 30.8 Å². The number of nitro groups is 1. The molecule has 2 amide bonds. The van der Waals surface area contributed by atoms with Crippen molar-refractivity contribution < 1.29 is 19.2 Å². The molecule has 2 aromatic carbocycles. The van der Waals surface area contributed by atoms with E-state index < -0.39 is 16.7 Å². The first-order valence-electron chi connectivity index (χ1n) is 8.81. The molecule has 1 atom stereocenters. The first kappa shape index (κ1) is 19.3. The van der Waals surface area contributed by atoms with E-state index >= 15 is 0 Å². The molecule has 1 N–H and O–H groups in total. The first-order chi connectivity index (χ1) is 13.3. The summed E-state index contributed by atoms with van der Waals surface area (Å²) in [7, 11) is 1.43. The van der Waals surface area contributed by atoms with Crippen LogP contribution in [0.3, 0.4) is 0 Å². The number of anilines is 2. The Hall–Kier alpha value is -3.42. The van der Waals surface area contributed by atoms with Gasteiger partial charge in [-0.3, -0.25) is 19.7 Å². The molecule has 2 aromatic rings. The lowest BCUT2D eigenvalue weighted by atomic mass is 10.1. The van der Waals surface area contributed by atoms with Gasteiger partial charge >= 0.3 is 0 Å². The Balaban J connectivity index is 1.80. The lowest BCUT2D eigenvalue weighted by molar-refractivity contribution is -0.383. The lowest BCUT2D eigenvalue weighted by Crippen LogP contribution is -2.28.